The number of thiazole rings is 1. The van der Waals surface area contributed by atoms with Gasteiger partial charge in [0.25, 0.3) is 0 Å². The molecule has 1 heterocycles. The highest BCUT2D eigenvalue weighted by Crippen LogP contribution is 2.29. The van der Waals surface area contributed by atoms with E-state index in [1.165, 1.54) is 0 Å². The summed E-state index contributed by atoms with van der Waals surface area (Å²) in [5, 5.41) is 11.0. The summed E-state index contributed by atoms with van der Waals surface area (Å²) in [4.78, 5) is 7.60. The average molecular weight is 228 g/mol. The molecule has 0 radical (unpaired) electrons. The maximum absolute atomic E-state index is 9.92. The Kier molecular flexibility index (Phi) is 3.87. The molecule has 4 heteroatoms. The van der Waals surface area contributed by atoms with Crippen LogP contribution in [0.4, 0.5) is 0 Å². The van der Waals surface area contributed by atoms with E-state index in [4.69, 9.17) is 0 Å². The highest BCUT2D eigenvalue weighted by atomic mass is 32.1. The number of likely N-dealkylation sites (N-methyl/N-ethyl adjacent to an activating group) is 1. The molecule has 0 aliphatic rings. The summed E-state index contributed by atoms with van der Waals surface area (Å²) in [6.07, 6.45) is 0.953. The molecule has 0 aliphatic heterocycles. The van der Waals surface area contributed by atoms with Crippen molar-refractivity contribution >= 4 is 11.3 Å². The molecule has 0 aliphatic carbocycles. The molecule has 1 aromatic heterocycles. The Balaban J connectivity index is 2.78. The van der Waals surface area contributed by atoms with Gasteiger partial charge in [0.2, 0.25) is 0 Å². The Labute approximate surface area is 95.8 Å². The lowest BCUT2D eigenvalue weighted by Gasteiger charge is -2.15. The molecule has 1 N–H and O–H groups in total. The number of hydrogen-bond donors (Lipinski definition) is 1. The molecule has 0 saturated carbocycles. The van der Waals surface area contributed by atoms with E-state index < -0.39 is 5.60 Å². The van der Waals surface area contributed by atoms with Crippen molar-refractivity contribution in [2.75, 3.05) is 20.6 Å². The van der Waals surface area contributed by atoms with Gasteiger partial charge >= 0.3 is 0 Å². The summed E-state index contributed by atoms with van der Waals surface area (Å²) in [7, 11) is 4.11. The fraction of sp³-hybridized carbons (Fsp3) is 0.727. The summed E-state index contributed by atoms with van der Waals surface area (Å²) in [6, 6.07) is 0. The molecule has 0 bridgehead atoms. The molecule has 15 heavy (non-hydrogen) atoms. The highest BCUT2D eigenvalue weighted by molar-refractivity contribution is 7.11. The quantitative estimate of drug-likeness (QED) is 0.853. The van der Waals surface area contributed by atoms with Crippen LogP contribution >= 0.6 is 11.3 Å². The Hall–Kier alpha value is -0.450. The Bertz CT molecular complexity index is 326. The summed E-state index contributed by atoms with van der Waals surface area (Å²) in [5.74, 6) is 0. The normalized spacial score (nSPS) is 12.5. The third-order valence-electron chi connectivity index (χ3n) is 2.17. The molecule has 0 amide bonds. The largest absolute Gasteiger partial charge is 0.385 e. The molecule has 0 spiro atoms. The first-order valence-corrected chi connectivity index (χ1v) is 5.96. The van der Waals surface area contributed by atoms with Gasteiger partial charge in [-0.2, -0.15) is 0 Å². The number of hydrogen-bond acceptors (Lipinski definition) is 4. The minimum absolute atomic E-state index is 0.766. The maximum atomic E-state index is 9.92. The molecule has 86 valence electrons. The number of nitrogens with zero attached hydrogens (tertiary/aromatic N) is 2. The topological polar surface area (TPSA) is 36.4 Å². The molecule has 3 nitrogen and oxygen atoms in total. The van der Waals surface area contributed by atoms with Crippen LogP contribution < -0.4 is 0 Å². The minimum atomic E-state index is -0.766. The molecule has 1 rings (SSSR count). The van der Waals surface area contributed by atoms with Gasteiger partial charge in [-0.05, 0) is 34.9 Å². The van der Waals surface area contributed by atoms with E-state index in [1.807, 2.05) is 20.8 Å². The predicted octanol–water partition coefficient (Wildman–Crippen LogP) is 1.78. The van der Waals surface area contributed by atoms with Gasteiger partial charge in [-0.25, -0.2) is 4.98 Å². The van der Waals surface area contributed by atoms with Crippen LogP contribution in [0, 0.1) is 6.92 Å². The van der Waals surface area contributed by atoms with Crippen LogP contribution in [0.5, 0.6) is 0 Å². The van der Waals surface area contributed by atoms with Crippen LogP contribution in [0.25, 0.3) is 0 Å². The van der Waals surface area contributed by atoms with Gasteiger partial charge in [0.05, 0.1) is 21.2 Å². The third-order valence-corrected chi connectivity index (χ3v) is 3.70. The first-order valence-electron chi connectivity index (χ1n) is 5.14. The predicted molar refractivity (Wildman–Crippen MR) is 64.4 cm³/mol. The maximum Gasteiger partial charge on any atom is 0.0950 e. The number of aromatic nitrogens is 1. The average Bonchev–Trinajstić information content (AvgIpc) is 2.42. The van der Waals surface area contributed by atoms with Gasteiger partial charge in [0.1, 0.15) is 0 Å². The zero-order valence-electron chi connectivity index (χ0n) is 10.2. The van der Waals surface area contributed by atoms with Gasteiger partial charge in [-0.1, -0.05) is 0 Å². The number of aryl methyl sites for hydroxylation is 1. The van der Waals surface area contributed by atoms with Gasteiger partial charge in [-0.15, -0.1) is 11.3 Å². The van der Waals surface area contributed by atoms with Crippen molar-refractivity contribution in [3.63, 3.8) is 0 Å². The number of rotatable bonds is 4. The molecule has 0 saturated heterocycles. The second-order valence-corrected chi connectivity index (χ2v) is 5.72. The van der Waals surface area contributed by atoms with Crippen LogP contribution in [-0.2, 0) is 12.0 Å². The molecule has 0 atom stereocenters. The zero-order chi connectivity index (χ0) is 11.6. The molecule has 1 aromatic rings. The van der Waals surface area contributed by atoms with E-state index >= 15 is 0 Å². The monoisotopic (exact) mass is 228 g/mol. The lowest BCUT2D eigenvalue weighted by Crippen LogP contribution is -2.15. The molecular weight excluding hydrogens is 208 g/mol. The van der Waals surface area contributed by atoms with Crippen LogP contribution in [0.15, 0.2) is 0 Å². The summed E-state index contributed by atoms with van der Waals surface area (Å²) in [6.45, 7) is 6.58. The fourth-order valence-electron chi connectivity index (χ4n) is 1.45. The second kappa shape index (κ2) is 4.60. The van der Waals surface area contributed by atoms with Gasteiger partial charge in [-0.3, -0.25) is 0 Å². The highest BCUT2D eigenvalue weighted by Gasteiger charge is 2.22. The lowest BCUT2D eigenvalue weighted by atomic mass is 10.1. The van der Waals surface area contributed by atoms with Crippen LogP contribution in [0.1, 0.15) is 29.4 Å². The van der Waals surface area contributed by atoms with Crippen molar-refractivity contribution in [1.29, 1.82) is 0 Å². The minimum Gasteiger partial charge on any atom is -0.385 e. The standard InChI is InChI=1S/C11H20N2OS/c1-8-10(11(2,3)14)15-9(12-8)6-7-13(4)5/h14H,6-7H2,1-5H3. The second-order valence-electron chi connectivity index (χ2n) is 4.63. The van der Waals surface area contributed by atoms with Crippen molar-refractivity contribution < 1.29 is 5.11 Å². The van der Waals surface area contributed by atoms with Crippen molar-refractivity contribution in [1.82, 2.24) is 9.88 Å². The van der Waals surface area contributed by atoms with Crippen molar-refractivity contribution in [2.45, 2.75) is 32.8 Å². The Morgan fingerprint density at radius 1 is 1.40 bits per heavy atom. The van der Waals surface area contributed by atoms with E-state index in [0.717, 1.165) is 28.5 Å². The molecule has 0 unspecified atom stereocenters. The van der Waals surface area contributed by atoms with E-state index in [1.54, 1.807) is 11.3 Å². The van der Waals surface area contributed by atoms with Crippen LogP contribution in [-0.4, -0.2) is 35.6 Å². The van der Waals surface area contributed by atoms with E-state index in [2.05, 4.69) is 24.0 Å². The smallest absolute Gasteiger partial charge is 0.0950 e. The van der Waals surface area contributed by atoms with E-state index in [9.17, 15) is 5.11 Å². The molecule has 0 aromatic carbocycles. The van der Waals surface area contributed by atoms with Gasteiger partial charge < -0.3 is 10.0 Å². The SMILES string of the molecule is Cc1nc(CCN(C)C)sc1C(C)(C)O. The van der Waals surface area contributed by atoms with Crippen molar-refractivity contribution in [3.8, 4) is 0 Å². The third kappa shape index (κ3) is 3.55. The fourth-order valence-corrected chi connectivity index (χ4v) is 2.50. The van der Waals surface area contributed by atoms with E-state index in [-0.39, 0.29) is 0 Å². The van der Waals surface area contributed by atoms with Crippen molar-refractivity contribution in [3.05, 3.63) is 15.6 Å². The first-order chi connectivity index (χ1) is 6.80. The summed E-state index contributed by atoms with van der Waals surface area (Å²) < 4.78 is 0. The zero-order valence-corrected chi connectivity index (χ0v) is 11.0. The van der Waals surface area contributed by atoms with Crippen molar-refractivity contribution in [2.24, 2.45) is 0 Å². The summed E-state index contributed by atoms with van der Waals surface area (Å²) in [5.41, 5.74) is 0.194. The van der Waals surface area contributed by atoms with Gasteiger partial charge in [0.15, 0.2) is 0 Å². The lowest BCUT2D eigenvalue weighted by molar-refractivity contribution is 0.0817. The molecular formula is C11H20N2OS. The first kappa shape index (κ1) is 12.6. The van der Waals surface area contributed by atoms with Gasteiger partial charge in [0, 0.05) is 13.0 Å². The Morgan fingerprint density at radius 3 is 2.40 bits per heavy atom. The van der Waals surface area contributed by atoms with Crippen LogP contribution in [0.2, 0.25) is 0 Å². The Morgan fingerprint density at radius 2 is 2.00 bits per heavy atom. The number of aliphatic hydroxyl groups is 1. The molecule has 0 fully saturated rings. The van der Waals surface area contributed by atoms with E-state index in [0.29, 0.717) is 0 Å². The summed E-state index contributed by atoms with van der Waals surface area (Å²) >= 11 is 1.62. The van der Waals surface area contributed by atoms with Crippen LogP contribution in [0.3, 0.4) is 0 Å².